The fourth-order valence-corrected chi connectivity index (χ4v) is 1.79. The van der Waals surface area contributed by atoms with Crippen LogP contribution in [-0.2, 0) is 4.79 Å². The number of hydrogen-bond acceptors (Lipinski definition) is 3. The van der Waals surface area contributed by atoms with Gasteiger partial charge in [0, 0.05) is 5.69 Å². The molecule has 0 spiro atoms. The molecule has 1 atom stereocenters. The first-order valence-electron chi connectivity index (χ1n) is 6.30. The van der Waals surface area contributed by atoms with Crippen molar-refractivity contribution in [1.29, 1.82) is 0 Å². The topological polar surface area (TPSA) is 54.3 Å². The molecule has 100 valence electrons. The Hall–Kier alpha value is -2.23. The van der Waals surface area contributed by atoms with Crippen molar-refractivity contribution in [3.05, 3.63) is 54.0 Å². The maximum atomic E-state index is 11.8. The molecule has 1 heterocycles. The second kappa shape index (κ2) is 6.09. The molecule has 0 saturated heterocycles. The molecular formula is C15H18N2O2. The summed E-state index contributed by atoms with van der Waals surface area (Å²) in [6.07, 6.45) is 0. The van der Waals surface area contributed by atoms with Gasteiger partial charge >= 0.3 is 0 Å². The number of anilines is 1. The number of amides is 1. The Morgan fingerprint density at radius 1 is 1.21 bits per heavy atom. The van der Waals surface area contributed by atoms with E-state index >= 15 is 0 Å². The van der Waals surface area contributed by atoms with Crippen LogP contribution in [0.25, 0.3) is 0 Å². The number of hydrogen-bond donors (Lipinski definition) is 2. The van der Waals surface area contributed by atoms with E-state index in [1.807, 2.05) is 56.3 Å². The van der Waals surface area contributed by atoms with Gasteiger partial charge in [-0.05, 0) is 38.1 Å². The van der Waals surface area contributed by atoms with Crippen LogP contribution in [0.3, 0.4) is 0 Å². The molecule has 1 amide bonds. The molecule has 0 radical (unpaired) electrons. The lowest BCUT2D eigenvalue weighted by molar-refractivity contribution is -0.120. The summed E-state index contributed by atoms with van der Waals surface area (Å²) in [5, 5.41) is 5.95. The number of carbonyl (C=O) groups is 1. The lowest BCUT2D eigenvalue weighted by Gasteiger charge is -2.12. The summed E-state index contributed by atoms with van der Waals surface area (Å²) >= 11 is 0. The van der Waals surface area contributed by atoms with Crippen molar-refractivity contribution < 1.29 is 9.21 Å². The van der Waals surface area contributed by atoms with Crippen LogP contribution < -0.4 is 10.6 Å². The molecule has 0 aliphatic rings. The highest BCUT2D eigenvalue weighted by Crippen LogP contribution is 2.15. The summed E-state index contributed by atoms with van der Waals surface area (Å²) in [6.45, 7) is 4.03. The minimum Gasteiger partial charge on any atom is -0.464 e. The van der Waals surface area contributed by atoms with Crippen LogP contribution in [0.2, 0.25) is 0 Å². The summed E-state index contributed by atoms with van der Waals surface area (Å²) in [7, 11) is 0. The van der Waals surface area contributed by atoms with Gasteiger partial charge < -0.3 is 15.1 Å². The predicted molar refractivity (Wildman–Crippen MR) is 74.9 cm³/mol. The largest absolute Gasteiger partial charge is 0.464 e. The predicted octanol–water partition coefficient (Wildman–Crippen LogP) is 2.88. The van der Waals surface area contributed by atoms with E-state index in [9.17, 15) is 4.79 Å². The summed E-state index contributed by atoms with van der Waals surface area (Å²) in [6, 6.07) is 13.3. The molecule has 2 rings (SSSR count). The van der Waals surface area contributed by atoms with Gasteiger partial charge in [0.1, 0.15) is 11.5 Å². The Morgan fingerprint density at radius 2 is 1.95 bits per heavy atom. The second-order valence-corrected chi connectivity index (χ2v) is 4.46. The summed E-state index contributed by atoms with van der Waals surface area (Å²) in [5.41, 5.74) is 0.930. The van der Waals surface area contributed by atoms with Gasteiger partial charge in [-0.2, -0.15) is 0 Å². The monoisotopic (exact) mass is 258 g/mol. The van der Waals surface area contributed by atoms with Crippen molar-refractivity contribution in [2.45, 2.75) is 19.9 Å². The van der Waals surface area contributed by atoms with Crippen LogP contribution >= 0.6 is 0 Å². The minimum atomic E-state index is -0.126. The molecule has 2 aromatic rings. The van der Waals surface area contributed by atoms with Gasteiger partial charge in [0.25, 0.3) is 0 Å². The van der Waals surface area contributed by atoms with E-state index in [1.165, 1.54) is 0 Å². The zero-order chi connectivity index (χ0) is 13.7. The maximum absolute atomic E-state index is 11.8. The van der Waals surface area contributed by atoms with E-state index in [2.05, 4.69) is 10.6 Å². The molecule has 19 heavy (non-hydrogen) atoms. The molecule has 0 saturated carbocycles. The van der Waals surface area contributed by atoms with Gasteiger partial charge in [-0.25, -0.2) is 0 Å². The molecule has 4 nitrogen and oxygen atoms in total. The number of rotatable bonds is 5. The standard InChI is InChI=1S/C15H18N2O2/c1-11-8-9-14(19-11)12(2)17-15(18)10-16-13-6-4-3-5-7-13/h3-9,12,16H,10H2,1-2H3,(H,17,18). The number of furan rings is 1. The van der Waals surface area contributed by atoms with Crippen LogP contribution in [0.1, 0.15) is 24.5 Å². The quantitative estimate of drug-likeness (QED) is 0.867. The highest BCUT2D eigenvalue weighted by atomic mass is 16.3. The summed E-state index contributed by atoms with van der Waals surface area (Å²) < 4.78 is 5.47. The molecule has 0 aliphatic heterocycles. The van der Waals surface area contributed by atoms with Crippen LogP contribution in [-0.4, -0.2) is 12.5 Å². The highest BCUT2D eigenvalue weighted by molar-refractivity contribution is 5.80. The SMILES string of the molecule is Cc1ccc(C(C)NC(=O)CNc2ccccc2)o1. The fourth-order valence-electron chi connectivity index (χ4n) is 1.79. The Labute approximate surface area is 112 Å². The molecular weight excluding hydrogens is 240 g/mol. The number of para-hydroxylation sites is 1. The van der Waals surface area contributed by atoms with Crippen molar-refractivity contribution in [3.63, 3.8) is 0 Å². The Bertz CT molecular complexity index is 534. The second-order valence-electron chi connectivity index (χ2n) is 4.46. The van der Waals surface area contributed by atoms with Gasteiger partial charge in [0.05, 0.1) is 12.6 Å². The zero-order valence-electron chi connectivity index (χ0n) is 11.1. The maximum Gasteiger partial charge on any atom is 0.239 e. The summed E-state index contributed by atoms with van der Waals surface area (Å²) in [4.78, 5) is 11.8. The normalized spacial score (nSPS) is 11.9. The highest BCUT2D eigenvalue weighted by Gasteiger charge is 2.12. The number of carbonyl (C=O) groups excluding carboxylic acids is 1. The van der Waals surface area contributed by atoms with Crippen LogP contribution in [0.5, 0.6) is 0 Å². The van der Waals surface area contributed by atoms with Crippen molar-refractivity contribution in [3.8, 4) is 0 Å². The minimum absolute atomic E-state index is 0.0644. The van der Waals surface area contributed by atoms with Crippen LogP contribution in [0.4, 0.5) is 5.69 Å². The van der Waals surface area contributed by atoms with Crippen molar-refractivity contribution in [2.75, 3.05) is 11.9 Å². The Kier molecular flexibility index (Phi) is 4.23. The molecule has 0 bridgehead atoms. The molecule has 1 unspecified atom stereocenters. The van der Waals surface area contributed by atoms with Crippen LogP contribution in [0.15, 0.2) is 46.9 Å². The van der Waals surface area contributed by atoms with Crippen molar-refractivity contribution >= 4 is 11.6 Å². The molecule has 1 aromatic heterocycles. The van der Waals surface area contributed by atoms with E-state index < -0.39 is 0 Å². The van der Waals surface area contributed by atoms with E-state index in [0.717, 1.165) is 17.2 Å². The van der Waals surface area contributed by atoms with Gasteiger partial charge in [-0.1, -0.05) is 18.2 Å². The fraction of sp³-hybridized carbons (Fsp3) is 0.267. The van der Waals surface area contributed by atoms with Crippen molar-refractivity contribution in [2.24, 2.45) is 0 Å². The number of aryl methyl sites for hydroxylation is 1. The summed E-state index contributed by atoms with van der Waals surface area (Å²) in [5.74, 6) is 1.55. The van der Waals surface area contributed by atoms with E-state index in [-0.39, 0.29) is 18.5 Å². The Morgan fingerprint density at radius 3 is 2.58 bits per heavy atom. The Balaban J connectivity index is 1.81. The molecule has 2 N–H and O–H groups in total. The first-order chi connectivity index (χ1) is 9.15. The molecule has 0 aliphatic carbocycles. The average molecular weight is 258 g/mol. The van der Waals surface area contributed by atoms with Crippen molar-refractivity contribution in [1.82, 2.24) is 5.32 Å². The van der Waals surface area contributed by atoms with Gasteiger partial charge in [-0.15, -0.1) is 0 Å². The van der Waals surface area contributed by atoms with E-state index in [1.54, 1.807) is 0 Å². The molecule has 1 aromatic carbocycles. The third kappa shape index (κ3) is 3.88. The van der Waals surface area contributed by atoms with Gasteiger partial charge in [0.15, 0.2) is 0 Å². The lowest BCUT2D eigenvalue weighted by atomic mass is 10.2. The van der Waals surface area contributed by atoms with E-state index in [0.29, 0.717) is 0 Å². The number of nitrogens with one attached hydrogen (secondary N) is 2. The lowest BCUT2D eigenvalue weighted by Crippen LogP contribution is -2.31. The third-order valence-electron chi connectivity index (χ3n) is 2.79. The first kappa shape index (κ1) is 13.2. The first-order valence-corrected chi connectivity index (χ1v) is 6.30. The average Bonchev–Trinajstić information content (AvgIpc) is 2.84. The number of benzene rings is 1. The van der Waals surface area contributed by atoms with Gasteiger partial charge in [0.2, 0.25) is 5.91 Å². The molecule has 0 fully saturated rings. The molecule has 4 heteroatoms. The van der Waals surface area contributed by atoms with Crippen LogP contribution in [0, 0.1) is 6.92 Å². The third-order valence-corrected chi connectivity index (χ3v) is 2.79. The van der Waals surface area contributed by atoms with Gasteiger partial charge in [-0.3, -0.25) is 4.79 Å². The zero-order valence-corrected chi connectivity index (χ0v) is 11.1. The van der Waals surface area contributed by atoms with E-state index in [4.69, 9.17) is 4.42 Å². The smallest absolute Gasteiger partial charge is 0.239 e.